The van der Waals surface area contributed by atoms with Crippen molar-refractivity contribution in [3.63, 3.8) is 0 Å². The number of aromatic nitrogens is 1. The van der Waals surface area contributed by atoms with Crippen LogP contribution in [0.3, 0.4) is 0 Å². The summed E-state index contributed by atoms with van der Waals surface area (Å²) in [4.78, 5) is 20.1. The molecule has 0 N–H and O–H groups in total. The Bertz CT molecular complexity index is 940. The summed E-state index contributed by atoms with van der Waals surface area (Å²) in [5.41, 5.74) is 3.03. The fourth-order valence-corrected chi connectivity index (χ4v) is 5.08. The van der Waals surface area contributed by atoms with E-state index in [0.29, 0.717) is 17.3 Å². The van der Waals surface area contributed by atoms with Crippen LogP contribution in [0.2, 0.25) is 0 Å². The second kappa shape index (κ2) is 7.76. The molecule has 3 heterocycles. The fourth-order valence-electron chi connectivity index (χ4n) is 3.27. The van der Waals surface area contributed by atoms with Crippen molar-refractivity contribution in [2.24, 2.45) is 0 Å². The largest absolute Gasteiger partial charge is 0.338 e. The molecular weight excluding hydrogens is 367 g/mol. The van der Waals surface area contributed by atoms with Crippen LogP contribution in [0.4, 0.5) is 4.39 Å². The van der Waals surface area contributed by atoms with E-state index in [9.17, 15) is 9.18 Å². The summed E-state index contributed by atoms with van der Waals surface area (Å²) in [5.74, 6) is 1.47. The number of carbonyl (C=O) groups is 1. The summed E-state index contributed by atoms with van der Waals surface area (Å²) < 4.78 is 13.9. The Morgan fingerprint density at radius 2 is 2.23 bits per heavy atom. The molecule has 1 aliphatic heterocycles. The molecule has 1 aromatic carbocycles. The van der Waals surface area contributed by atoms with Gasteiger partial charge in [0.25, 0.3) is 0 Å². The normalized spacial score (nSPS) is 13.8. The number of thioether (sulfide) groups is 1. The molecule has 0 saturated heterocycles. The van der Waals surface area contributed by atoms with Crippen molar-refractivity contribution in [3.8, 4) is 0 Å². The Labute approximate surface area is 160 Å². The van der Waals surface area contributed by atoms with Gasteiger partial charge in [-0.2, -0.15) is 11.8 Å². The van der Waals surface area contributed by atoms with Crippen LogP contribution < -0.4 is 0 Å². The molecule has 0 radical (unpaired) electrons. The molecule has 0 aliphatic carbocycles. The third-order valence-electron chi connectivity index (χ3n) is 4.68. The van der Waals surface area contributed by atoms with E-state index in [1.165, 1.54) is 16.5 Å². The Morgan fingerprint density at radius 3 is 3.15 bits per heavy atom. The van der Waals surface area contributed by atoms with Gasteiger partial charge in [-0.3, -0.25) is 9.78 Å². The standard InChI is InChI=1S/C20H19FN2OS2/c21-17-4-3-15(20-16(17)2-1-8-22-20)13-25-10-7-19(24)23-9-5-18-14(12-23)6-11-26-18/h1-4,6,8,11H,5,7,9-10,12-13H2. The van der Waals surface area contributed by atoms with Gasteiger partial charge in [0.15, 0.2) is 0 Å². The highest BCUT2D eigenvalue weighted by Crippen LogP contribution is 2.26. The van der Waals surface area contributed by atoms with Gasteiger partial charge in [-0.15, -0.1) is 11.3 Å². The van der Waals surface area contributed by atoms with E-state index < -0.39 is 0 Å². The van der Waals surface area contributed by atoms with Gasteiger partial charge in [0.1, 0.15) is 5.82 Å². The molecule has 6 heteroatoms. The van der Waals surface area contributed by atoms with Crippen molar-refractivity contribution in [1.82, 2.24) is 9.88 Å². The Balaban J connectivity index is 1.31. The molecule has 0 fully saturated rings. The minimum atomic E-state index is -0.241. The average molecular weight is 387 g/mol. The van der Waals surface area contributed by atoms with Crippen molar-refractivity contribution < 1.29 is 9.18 Å². The van der Waals surface area contributed by atoms with E-state index in [-0.39, 0.29) is 11.7 Å². The Morgan fingerprint density at radius 1 is 1.31 bits per heavy atom. The van der Waals surface area contributed by atoms with Gasteiger partial charge in [0.05, 0.1) is 5.52 Å². The van der Waals surface area contributed by atoms with Crippen LogP contribution in [0.25, 0.3) is 10.9 Å². The average Bonchev–Trinajstić information content (AvgIpc) is 3.14. The highest BCUT2D eigenvalue weighted by Gasteiger charge is 2.21. The number of hydrogen-bond donors (Lipinski definition) is 0. The first-order chi connectivity index (χ1) is 12.7. The van der Waals surface area contributed by atoms with Gasteiger partial charge in [0.2, 0.25) is 5.91 Å². The lowest BCUT2D eigenvalue weighted by atomic mass is 10.1. The molecule has 4 rings (SSSR count). The highest BCUT2D eigenvalue weighted by molar-refractivity contribution is 7.98. The lowest BCUT2D eigenvalue weighted by Crippen LogP contribution is -2.35. The third-order valence-corrected chi connectivity index (χ3v) is 6.71. The minimum absolute atomic E-state index is 0.219. The zero-order chi connectivity index (χ0) is 17.9. The van der Waals surface area contributed by atoms with Gasteiger partial charge in [-0.05, 0) is 47.2 Å². The second-order valence-corrected chi connectivity index (χ2v) is 8.45. The van der Waals surface area contributed by atoms with Gasteiger partial charge < -0.3 is 4.90 Å². The van der Waals surface area contributed by atoms with Crippen LogP contribution in [0.1, 0.15) is 22.4 Å². The van der Waals surface area contributed by atoms with Gasteiger partial charge in [0, 0.05) is 47.5 Å². The molecule has 3 nitrogen and oxygen atoms in total. The number of amides is 1. The van der Waals surface area contributed by atoms with E-state index in [1.54, 1.807) is 47.5 Å². The number of benzene rings is 1. The molecule has 0 unspecified atom stereocenters. The van der Waals surface area contributed by atoms with E-state index in [1.807, 2.05) is 4.90 Å². The molecule has 26 heavy (non-hydrogen) atoms. The Kier molecular flexibility index (Phi) is 5.22. The maximum Gasteiger partial charge on any atom is 0.223 e. The maximum atomic E-state index is 13.9. The molecular formula is C20H19FN2OS2. The first kappa shape index (κ1) is 17.5. The topological polar surface area (TPSA) is 33.2 Å². The highest BCUT2D eigenvalue weighted by atomic mass is 32.2. The molecule has 0 bridgehead atoms. The molecule has 134 valence electrons. The zero-order valence-corrected chi connectivity index (χ0v) is 15.9. The van der Waals surface area contributed by atoms with E-state index >= 15 is 0 Å². The minimum Gasteiger partial charge on any atom is -0.338 e. The quantitative estimate of drug-likeness (QED) is 0.599. The summed E-state index contributed by atoms with van der Waals surface area (Å²) in [6, 6.07) is 8.92. The van der Waals surface area contributed by atoms with Crippen LogP contribution in [0.15, 0.2) is 41.9 Å². The number of pyridine rings is 1. The van der Waals surface area contributed by atoms with Crippen LogP contribution in [-0.4, -0.2) is 28.1 Å². The number of nitrogens with zero attached hydrogens (tertiary/aromatic N) is 2. The summed E-state index contributed by atoms with van der Waals surface area (Å²) >= 11 is 3.48. The summed E-state index contributed by atoms with van der Waals surface area (Å²) in [7, 11) is 0. The first-order valence-electron chi connectivity index (χ1n) is 8.65. The van der Waals surface area contributed by atoms with E-state index in [0.717, 1.165) is 36.6 Å². The van der Waals surface area contributed by atoms with E-state index in [2.05, 4.69) is 16.4 Å². The summed E-state index contributed by atoms with van der Waals surface area (Å²) in [6.07, 6.45) is 3.20. The fraction of sp³-hybridized carbons (Fsp3) is 0.300. The van der Waals surface area contributed by atoms with Crippen molar-refractivity contribution in [3.05, 3.63) is 63.7 Å². The van der Waals surface area contributed by atoms with Crippen molar-refractivity contribution >= 4 is 39.9 Å². The van der Waals surface area contributed by atoms with Crippen molar-refractivity contribution in [1.29, 1.82) is 0 Å². The summed E-state index contributed by atoms with van der Waals surface area (Å²) in [5, 5.41) is 2.66. The monoisotopic (exact) mass is 386 g/mol. The molecule has 3 aromatic rings. The van der Waals surface area contributed by atoms with E-state index in [4.69, 9.17) is 0 Å². The maximum absolute atomic E-state index is 13.9. The number of halogens is 1. The molecule has 0 saturated carbocycles. The van der Waals surface area contributed by atoms with Crippen molar-refractivity contribution in [2.45, 2.75) is 25.1 Å². The third kappa shape index (κ3) is 3.62. The molecule has 2 aromatic heterocycles. The van der Waals surface area contributed by atoms with Gasteiger partial charge >= 0.3 is 0 Å². The first-order valence-corrected chi connectivity index (χ1v) is 10.7. The van der Waals surface area contributed by atoms with Gasteiger partial charge in [-0.1, -0.05) is 6.07 Å². The lowest BCUT2D eigenvalue weighted by Gasteiger charge is -2.27. The van der Waals surface area contributed by atoms with Crippen LogP contribution >= 0.6 is 23.1 Å². The number of rotatable bonds is 5. The lowest BCUT2D eigenvalue weighted by molar-refractivity contribution is -0.131. The molecule has 1 amide bonds. The molecule has 0 atom stereocenters. The number of thiophene rings is 1. The van der Waals surface area contributed by atoms with Gasteiger partial charge in [-0.25, -0.2) is 4.39 Å². The Hall–Kier alpha value is -1.92. The number of fused-ring (bicyclic) bond motifs is 2. The molecule has 0 spiro atoms. The summed E-state index contributed by atoms with van der Waals surface area (Å²) in [6.45, 7) is 1.57. The smallest absolute Gasteiger partial charge is 0.223 e. The number of carbonyl (C=O) groups excluding carboxylic acids is 1. The number of hydrogen-bond acceptors (Lipinski definition) is 4. The van der Waals surface area contributed by atoms with Crippen molar-refractivity contribution in [2.75, 3.05) is 12.3 Å². The predicted octanol–water partition coefficient (Wildman–Crippen LogP) is 4.64. The predicted molar refractivity (Wildman–Crippen MR) is 106 cm³/mol. The van der Waals surface area contributed by atoms with Crippen LogP contribution in [0.5, 0.6) is 0 Å². The second-order valence-electron chi connectivity index (χ2n) is 6.34. The SMILES string of the molecule is O=C(CCSCc1ccc(F)c2cccnc12)N1CCc2sccc2C1. The zero-order valence-electron chi connectivity index (χ0n) is 14.3. The van der Waals surface area contributed by atoms with Crippen LogP contribution in [0, 0.1) is 5.82 Å². The van der Waals surface area contributed by atoms with Crippen LogP contribution in [-0.2, 0) is 23.5 Å². The molecule has 1 aliphatic rings.